The highest BCUT2D eigenvalue weighted by molar-refractivity contribution is 7.89. The molecule has 0 aliphatic heterocycles. The summed E-state index contributed by atoms with van der Waals surface area (Å²) in [5, 5.41) is 9.23. The second-order valence-electron chi connectivity index (χ2n) is 6.07. The van der Waals surface area contributed by atoms with E-state index in [0.717, 1.165) is 25.7 Å². The average molecular weight is 392 g/mol. The van der Waals surface area contributed by atoms with Gasteiger partial charge in [-0.1, -0.05) is 17.7 Å². The summed E-state index contributed by atoms with van der Waals surface area (Å²) in [5.41, 5.74) is 0.777. The van der Waals surface area contributed by atoms with Crippen molar-refractivity contribution in [1.82, 2.24) is 9.71 Å². The van der Waals surface area contributed by atoms with Crippen molar-refractivity contribution in [1.29, 1.82) is 5.26 Å². The first-order chi connectivity index (χ1) is 12.5. The number of nitrogens with zero attached hydrogens (tertiary/aromatic N) is 2. The third kappa shape index (κ3) is 4.33. The van der Waals surface area contributed by atoms with Crippen LogP contribution in [0.2, 0.25) is 5.02 Å². The van der Waals surface area contributed by atoms with Gasteiger partial charge in [0.1, 0.15) is 12.2 Å². The molecule has 1 fully saturated rings. The number of aromatic nitrogens is 1. The number of ether oxygens (including phenoxy) is 1. The van der Waals surface area contributed by atoms with Crippen LogP contribution in [0.1, 0.15) is 36.8 Å². The predicted octanol–water partition coefficient (Wildman–Crippen LogP) is 3.41. The predicted molar refractivity (Wildman–Crippen MR) is 97.3 cm³/mol. The topological polar surface area (TPSA) is 92.1 Å². The minimum absolute atomic E-state index is 0.0133. The van der Waals surface area contributed by atoms with Gasteiger partial charge in [-0.15, -0.1) is 0 Å². The van der Waals surface area contributed by atoms with Crippen molar-refractivity contribution in [2.24, 2.45) is 0 Å². The summed E-state index contributed by atoms with van der Waals surface area (Å²) in [4.78, 5) is 4.22. The molecule has 1 aromatic heterocycles. The maximum absolute atomic E-state index is 12.5. The lowest BCUT2D eigenvalue weighted by Crippen LogP contribution is -2.24. The van der Waals surface area contributed by atoms with Gasteiger partial charge in [-0.2, -0.15) is 5.26 Å². The molecule has 0 radical (unpaired) electrons. The van der Waals surface area contributed by atoms with E-state index in [4.69, 9.17) is 21.6 Å². The fraction of sp³-hybridized carbons (Fsp3) is 0.333. The van der Waals surface area contributed by atoms with Crippen LogP contribution in [-0.4, -0.2) is 19.5 Å². The van der Waals surface area contributed by atoms with Crippen LogP contribution in [0.15, 0.2) is 41.4 Å². The van der Waals surface area contributed by atoms with Crippen molar-refractivity contribution in [3.05, 3.63) is 52.7 Å². The molecule has 0 saturated heterocycles. The first-order valence-electron chi connectivity index (χ1n) is 8.29. The number of benzene rings is 1. The molecule has 0 amide bonds. The summed E-state index contributed by atoms with van der Waals surface area (Å²) in [6, 6.07) is 9.41. The zero-order chi connectivity index (χ0) is 18.6. The molecule has 1 saturated carbocycles. The summed E-state index contributed by atoms with van der Waals surface area (Å²) in [6.45, 7) is 0.0444. The van der Waals surface area contributed by atoms with E-state index in [1.807, 2.05) is 6.07 Å². The summed E-state index contributed by atoms with van der Waals surface area (Å²) in [6.07, 6.45) is 6.01. The Balaban J connectivity index is 1.75. The molecule has 0 bridgehead atoms. The van der Waals surface area contributed by atoms with Crippen molar-refractivity contribution in [3.8, 4) is 11.9 Å². The maximum Gasteiger partial charge on any atom is 0.240 e. The van der Waals surface area contributed by atoms with Gasteiger partial charge in [-0.3, -0.25) is 0 Å². The molecule has 1 aliphatic carbocycles. The molecule has 0 atom stereocenters. The van der Waals surface area contributed by atoms with Crippen molar-refractivity contribution < 1.29 is 13.2 Å². The van der Waals surface area contributed by atoms with E-state index in [9.17, 15) is 8.42 Å². The van der Waals surface area contributed by atoms with E-state index in [0.29, 0.717) is 11.4 Å². The van der Waals surface area contributed by atoms with E-state index in [-0.39, 0.29) is 28.1 Å². The third-order valence-electron chi connectivity index (χ3n) is 4.25. The first kappa shape index (κ1) is 18.6. The van der Waals surface area contributed by atoms with Crippen LogP contribution in [0.3, 0.4) is 0 Å². The van der Waals surface area contributed by atoms with Crippen LogP contribution < -0.4 is 9.46 Å². The van der Waals surface area contributed by atoms with Gasteiger partial charge in [0.2, 0.25) is 15.9 Å². The molecule has 0 unspecified atom stereocenters. The number of rotatable bonds is 6. The lowest BCUT2D eigenvalue weighted by Gasteiger charge is -2.15. The summed E-state index contributed by atoms with van der Waals surface area (Å²) in [7, 11) is -3.79. The lowest BCUT2D eigenvalue weighted by molar-refractivity contribution is 0.199. The van der Waals surface area contributed by atoms with Gasteiger partial charge in [-0.25, -0.2) is 18.1 Å². The van der Waals surface area contributed by atoms with E-state index < -0.39 is 10.0 Å². The fourth-order valence-electron chi connectivity index (χ4n) is 2.84. The van der Waals surface area contributed by atoms with Gasteiger partial charge in [0, 0.05) is 18.3 Å². The molecule has 1 heterocycles. The molecule has 2 aromatic rings. The minimum Gasteiger partial charge on any atom is -0.474 e. The standard InChI is InChI=1S/C18H18ClN3O3S/c19-17-8-7-16(10-14(17)11-20)26(23,24)22-12-13-4-3-9-21-18(13)25-15-5-1-2-6-15/h3-4,7-10,15,22H,1-2,5-6,12H2. The number of hydrogen-bond acceptors (Lipinski definition) is 5. The summed E-state index contributed by atoms with van der Waals surface area (Å²) >= 11 is 5.86. The van der Waals surface area contributed by atoms with Gasteiger partial charge < -0.3 is 4.74 Å². The highest BCUT2D eigenvalue weighted by atomic mass is 35.5. The molecular formula is C18H18ClN3O3S. The van der Waals surface area contributed by atoms with Crippen molar-refractivity contribution >= 4 is 21.6 Å². The number of sulfonamides is 1. The fourth-order valence-corrected chi connectivity index (χ4v) is 4.03. The van der Waals surface area contributed by atoms with Crippen molar-refractivity contribution in [3.63, 3.8) is 0 Å². The molecule has 1 aliphatic rings. The smallest absolute Gasteiger partial charge is 0.240 e. The van der Waals surface area contributed by atoms with Crippen LogP contribution in [0.4, 0.5) is 0 Å². The summed E-state index contributed by atoms with van der Waals surface area (Å²) in [5.74, 6) is 0.455. The zero-order valence-corrected chi connectivity index (χ0v) is 15.6. The number of halogens is 1. The molecule has 1 N–H and O–H groups in total. The Kier molecular flexibility index (Phi) is 5.77. The Labute approximate surface area is 157 Å². The molecule has 0 spiro atoms. The second-order valence-corrected chi connectivity index (χ2v) is 8.24. The lowest BCUT2D eigenvalue weighted by atomic mass is 10.2. The van der Waals surface area contributed by atoms with Crippen LogP contribution in [-0.2, 0) is 16.6 Å². The van der Waals surface area contributed by atoms with Gasteiger partial charge in [-0.05, 0) is 49.9 Å². The van der Waals surface area contributed by atoms with Gasteiger partial charge >= 0.3 is 0 Å². The molecule has 26 heavy (non-hydrogen) atoms. The summed E-state index contributed by atoms with van der Waals surface area (Å²) < 4.78 is 33.5. The van der Waals surface area contributed by atoms with E-state index >= 15 is 0 Å². The average Bonchev–Trinajstić information content (AvgIpc) is 3.14. The van der Waals surface area contributed by atoms with Crippen LogP contribution in [0.25, 0.3) is 0 Å². The van der Waals surface area contributed by atoms with Crippen molar-refractivity contribution in [2.45, 2.75) is 43.2 Å². The molecule has 136 valence electrons. The molecular weight excluding hydrogens is 374 g/mol. The number of nitrogens with one attached hydrogen (secondary N) is 1. The highest BCUT2D eigenvalue weighted by Gasteiger charge is 2.20. The maximum atomic E-state index is 12.5. The molecule has 6 nitrogen and oxygen atoms in total. The van der Waals surface area contributed by atoms with Crippen LogP contribution in [0.5, 0.6) is 5.88 Å². The Morgan fingerprint density at radius 2 is 2.08 bits per heavy atom. The van der Waals surface area contributed by atoms with E-state index in [1.165, 1.54) is 18.2 Å². The largest absolute Gasteiger partial charge is 0.474 e. The van der Waals surface area contributed by atoms with Gasteiger partial charge in [0.25, 0.3) is 0 Å². The molecule has 3 rings (SSSR count). The SMILES string of the molecule is N#Cc1cc(S(=O)(=O)NCc2cccnc2OC2CCCC2)ccc1Cl. The Morgan fingerprint density at radius 3 is 2.81 bits per heavy atom. The quantitative estimate of drug-likeness (QED) is 0.814. The second kappa shape index (κ2) is 8.04. The third-order valence-corrected chi connectivity index (χ3v) is 5.98. The van der Waals surface area contributed by atoms with Crippen LogP contribution >= 0.6 is 11.6 Å². The number of hydrogen-bond donors (Lipinski definition) is 1. The van der Waals surface area contributed by atoms with Crippen molar-refractivity contribution in [2.75, 3.05) is 0 Å². The van der Waals surface area contributed by atoms with E-state index in [2.05, 4.69) is 9.71 Å². The van der Waals surface area contributed by atoms with Gasteiger partial charge in [0.15, 0.2) is 0 Å². The monoisotopic (exact) mass is 391 g/mol. The van der Waals surface area contributed by atoms with E-state index in [1.54, 1.807) is 18.3 Å². The van der Waals surface area contributed by atoms with Crippen LogP contribution in [0, 0.1) is 11.3 Å². The highest BCUT2D eigenvalue weighted by Crippen LogP contribution is 2.25. The Morgan fingerprint density at radius 1 is 1.31 bits per heavy atom. The normalized spacial score (nSPS) is 14.9. The Bertz CT molecular complexity index is 935. The number of nitriles is 1. The minimum atomic E-state index is -3.79. The molecule has 1 aromatic carbocycles. The van der Waals surface area contributed by atoms with Gasteiger partial charge in [0.05, 0.1) is 15.5 Å². The number of pyridine rings is 1. The molecule has 8 heteroatoms. The zero-order valence-electron chi connectivity index (χ0n) is 14.0. The Hall–Kier alpha value is -2.14. The first-order valence-corrected chi connectivity index (χ1v) is 10.2.